The van der Waals surface area contributed by atoms with Gasteiger partial charge in [0, 0.05) is 22.2 Å². The molecule has 6 heteroatoms. The summed E-state index contributed by atoms with van der Waals surface area (Å²) >= 11 is 1.41. The number of thiazole rings is 1. The van der Waals surface area contributed by atoms with E-state index in [1.165, 1.54) is 11.3 Å². The highest BCUT2D eigenvalue weighted by atomic mass is 32.1. The average molecular weight is 398 g/mol. The average Bonchev–Trinajstić information content (AvgIpc) is 3.26. The number of allylic oxidation sites excluding steroid dienone is 1. The monoisotopic (exact) mass is 398 g/mol. The summed E-state index contributed by atoms with van der Waals surface area (Å²) in [6.45, 7) is 3.99. The Morgan fingerprint density at radius 1 is 1.10 bits per heavy atom. The second-order valence-corrected chi connectivity index (χ2v) is 7.93. The first-order chi connectivity index (χ1) is 14.0. The molecule has 3 heterocycles. The van der Waals surface area contributed by atoms with Crippen molar-refractivity contribution in [2.45, 2.75) is 13.8 Å². The summed E-state index contributed by atoms with van der Waals surface area (Å²) in [6.07, 6.45) is 1.83. The van der Waals surface area contributed by atoms with Gasteiger partial charge in [-0.15, -0.1) is 11.3 Å². The van der Waals surface area contributed by atoms with Gasteiger partial charge in [-0.05, 0) is 37.6 Å². The molecule has 0 radical (unpaired) electrons. The van der Waals surface area contributed by atoms with Gasteiger partial charge in [-0.2, -0.15) is 4.98 Å². The highest BCUT2D eigenvalue weighted by molar-refractivity contribution is 7.15. The molecule has 0 spiro atoms. The largest absolute Gasteiger partial charge is 0.384 e. The summed E-state index contributed by atoms with van der Waals surface area (Å²) in [4.78, 5) is 22.3. The van der Waals surface area contributed by atoms with Crippen LogP contribution in [0, 0.1) is 6.92 Å². The highest BCUT2D eigenvalue weighted by Gasteiger charge is 2.20. The molecule has 0 saturated heterocycles. The Bertz CT molecular complexity index is 1390. The van der Waals surface area contributed by atoms with Crippen LogP contribution >= 0.6 is 11.3 Å². The molecule has 0 amide bonds. The minimum Gasteiger partial charge on any atom is -0.384 e. The lowest BCUT2D eigenvalue weighted by Gasteiger charge is -2.09. The van der Waals surface area contributed by atoms with Crippen LogP contribution in [-0.4, -0.2) is 15.1 Å². The molecule has 2 N–H and O–H groups in total. The fourth-order valence-electron chi connectivity index (χ4n) is 3.67. The minimum atomic E-state index is -0.328. The van der Waals surface area contributed by atoms with Crippen molar-refractivity contribution in [2.75, 3.05) is 5.73 Å². The van der Waals surface area contributed by atoms with Crippen molar-refractivity contribution in [3.8, 4) is 11.3 Å². The lowest BCUT2D eigenvalue weighted by molar-refractivity contribution is 1.12. The number of rotatable bonds is 2. The van der Waals surface area contributed by atoms with Crippen LogP contribution in [0.3, 0.4) is 0 Å². The highest BCUT2D eigenvalue weighted by Crippen LogP contribution is 2.37. The van der Waals surface area contributed by atoms with Gasteiger partial charge in [-0.25, -0.2) is 0 Å². The van der Waals surface area contributed by atoms with Crippen molar-refractivity contribution in [2.24, 2.45) is 4.99 Å². The zero-order valence-electron chi connectivity index (χ0n) is 16.0. The third-order valence-electron chi connectivity index (χ3n) is 5.13. The maximum absolute atomic E-state index is 12.8. The molecular weight excluding hydrogens is 380 g/mol. The smallest absolute Gasteiger partial charge is 0.283 e. The molecule has 5 rings (SSSR count). The summed E-state index contributed by atoms with van der Waals surface area (Å²) in [7, 11) is 0. The normalized spacial score (nSPS) is 14.4. The lowest BCUT2D eigenvalue weighted by Crippen LogP contribution is -2.16. The van der Waals surface area contributed by atoms with Crippen LogP contribution < -0.4 is 11.3 Å². The molecule has 0 aliphatic carbocycles. The van der Waals surface area contributed by atoms with Crippen LogP contribution in [0.15, 0.2) is 63.7 Å². The van der Waals surface area contributed by atoms with Crippen LogP contribution in [0.1, 0.15) is 23.6 Å². The van der Waals surface area contributed by atoms with Crippen LogP contribution in [0.5, 0.6) is 0 Å². The summed E-state index contributed by atoms with van der Waals surface area (Å²) in [6, 6.07) is 16.1. The summed E-state index contributed by atoms with van der Waals surface area (Å²) in [5.74, 6) is 0.390. The van der Waals surface area contributed by atoms with Crippen molar-refractivity contribution < 1.29 is 0 Å². The summed E-state index contributed by atoms with van der Waals surface area (Å²) in [5.41, 5.74) is 13.4. The predicted molar refractivity (Wildman–Crippen MR) is 121 cm³/mol. The van der Waals surface area contributed by atoms with E-state index < -0.39 is 0 Å². The molecule has 29 heavy (non-hydrogen) atoms. The third kappa shape index (κ3) is 2.80. The fourth-order valence-corrected chi connectivity index (χ4v) is 4.57. The van der Waals surface area contributed by atoms with Gasteiger partial charge in [-0.1, -0.05) is 42.0 Å². The van der Waals surface area contributed by atoms with E-state index in [0.717, 1.165) is 39.4 Å². The molecule has 0 saturated carbocycles. The maximum atomic E-state index is 12.8. The van der Waals surface area contributed by atoms with Gasteiger partial charge in [0.25, 0.3) is 5.56 Å². The number of nitrogens with two attached hydrogens (primary N) is 1. The molecule has 5 nitrogen and oxygen atoms in total. The molecule has 1 aliphatic heterocycles. The van der Waals surface area contributed by atoms with E-state index in [2.05, 4.69) is 16.0 Å². The van der Waals surface area contributed by atoms with E-state index in [9.17, 15) is 4.79 Å². The van der Waals surface area contributed by atoms with Gasteiger partial charge in [0.1, 0.15) is 5.82 Å². The Morgan fingerprint density at radius 3 is 2.69 bits per heavy atom. The second-order valence-electron chi connectivity index (χ2n) is 7.10. The molecule has 142 valence electrons. The first-order valence-electron chi connectivity index (χ1n) is 9.26. The number of aliphatic imine (C=N–C) groups is 1. The van der Waals surface area contributed by atoms with E-state index in [4.69, 9.17) is 5.73 Å². The first kappa shape index (κ1) is 17.6. The lowest BCUT2D eigenvalue weighted by atomic mass is 9.99. The molecule has 2 aromatic heterocycles. The van der Waals surface area contributed by atoms with Crippen LogP contribution in [0.4, 0.5) is 11.5 Å². The van der Waals surface area contributed by atoms with Gasteiger partial charge >= 0.3 is 0 Å². The molecule has 0 bridgehead atoms. The molecule has 1 aliphatic rings. The van der Waals surface area contributed by atoms with Crippen molar-refractivity contribution in [1.29, 1.82) is 0 Å². The van der Waals surface area contributed by atoms with Gasteiger partial charge in [-0.3, -0.25) is 14.2 Å². The topological polar surface area (TPSA) is 72.8 Å². The Balaban J connectivity index is 1.75. The quantitative estimate of drug-likeness (QED) is 0.519. The molecule has 0 atom stereocenters. The third-order valence-corrected chi connectivity index (χ3v) is 5.96. The maximum Gasteiger partial charge on any atom is 0.283 e. The van der Waals surface area contributed by atoms with Crippen LogP contribution in [0.25, 0.3) is 27.9 Å². The summed E-state index contributed by atoms with van der Waals surface area (Å²) in [5, 5.41) is 1.98. The van der Waals surface area contributed by atoms with Crippen molar-refractivity contribution in [1.82, 2.24) is 9.38 Å². The number of aryl methyl sites for hydroxylation is 1. The molecular formula is C23H18N4OS. The fraction of sp³-hybridized carbons (Fsp3) is 0.0870. The zero-order valence-corrected chi connectivity index (χ0v) is 16.8. The predicted octanol–water partition coefficient (Wildman–Crippen LogP) is 4.96. The SMILES string of the molecule is CC1=Nc2ccc(C)cc2C1=Cc1c(N)n2c(-c3ccccc3)csc2nc1=O. The number of anilines is 1. The number of nitrogen functional groups attached to an aromatic ring is 1. The molecule has 0 unspecified atom stereocenters. The number of nitrogens with zero attached hydrogens (tertiary/aromatic N) is 3. The van der Waals surface area contributed by atoms with Gasteiger partial charge in [0.05, 0.1) is 16.9 Å². The van der Waals surface area contributed by atoms with Crippen molar-refractivity contribution >= 4 is 45.2 Å². The van der Waals surface area contributed by atoms with Gasteiger partial charge in [0.15, 0.2) is 4.96 Å². The molecule has 2 aromatic carbocycles. The van der Waals surface area contributed by atoms with Gasteiger partial charge in [0.2, 0.25) is 0 Å². The van der Waals surface area contributed by atoms with Crippen LogP contribution in [-0.2, 0) is 0 Å². The zero-order chi connectivity index (χ0) is 20.1. The Kier molecular flexibility index (Phi) is 3.96. The number of aromatic nitrogens is 2. The van der Waals surface area contributed by atoms with E-state index in [-0.39, 0.29) is 5.56 Å². The Hall–Kier alpha value is -3.51. The summed E-state index contributed by atoms with van der Waals surface area (Å²) < 4.78 is 1.85. The second kappa shape index (κ2) is 6.53. The minimum absolute atomic E-state index is 0.328. The van der Waals surface area contributed by atoms with Crippen molar-refractivity contribution in [3.05, 3.63) is 81.0 Å². The number of hydrogen-bond acceptors (Lipinski definition) is 5. The van der Waals surface area contributed by atoms with E-state index in [0.29, 0.717) is 16.3 Å². The number of hydrogen-bond donors (Lipinski definition) is 1. The van der Waals surface area contributed by atoms with Crippen LogP contribution in [0.2, 0.25) is 0 Å². The van der Waals surface area contributed by atoms with E-state index in [1.807, 2.05) is 72.2 Å². The van der Waals surface area contributed by atoms with E-state index in [1.54, 1.807) is 0 Å². The Labute approximate surface area is 171 Å². The van der Waals surface area contributed by atoms with E-state index >= 15 is 0 Å². The molecule has 0 fully saturated rings. The number of fused-ring (bicyclic) bond motifs is 2. The van der Waals surface area contributed by atoms with Crippen molar-refractivity contribution in [3.63, 3.8) is 0 Å². The van der Waals surface area contributed by atoms with Gasteiger partial charge < -0.3 is 5.73 Å². The first-order valence-corrected chi connectivity index (χ1v) is 10.1. The number of benzene rings is 2. The molecule has 4 aromatic rings. The Morgan fingerprint density at radius 2 is 1.90 bits per heavy atom. The standard InChI is InChI=1S/C23H18N4OS/c1-13-8-9-19-17(10-13)16(14(2)25-19)11-18-21(24)27-20(15-6-4-3-5-7-15)12-29-23(27)26-22(18)28/h3-12H,24H2,1-2H3.